The molecule has 2 saturated heterocycles. The van der Waals surface area contributed by atoms with Crippen LogP contribution in [0, 0.1) is 11.8 Å². The fourth-order valence-electron chi connectivity index (χ4n) is 5.11. The third-order valence-electron chi connectivity index (χ3n) is 6.71. The van der Waals surface area contributed by atoms with Crippen molar-refractivity contribution in [3.63, 3.8) is 0 Å². The number of benzene rings is 1. The number of nitrogens with zero attached hydrogens (tertiary/aromatic N) is 7. The van der Waals surface area contributed by atoms with Crippen molar-refractivity contribution in [1.82, 2.24) is 34.6 Å². The standard InChI is InChI=1S/C24H28N8O2/c1-24(2,3)34-23(33)32-11-16-9-31(10-17(16)12-32)22-28-19(20-21(29-22)26-13-25-20)14-5-6-18-15(7-14)8-27-30(18)4/h5-8,13,16-17H,9-12H2,1-4H3,(H,25,26,28,29). The van der Waals surface area contributed by atoms with E-state index in [-0.39, 0.29) is 6.09 Å². The molecule has 4 aromatic rings. The zero-order valence-corrected chi connectivity index (χ0v) is 19.8. The van der Waals surface area contributed by atoms with Crippen LogP contribution < -0.4 is 4.90 Å². The average Bonchev–Trinajstić information content (AvgIpc) is 3.54. The van der Waals surface area contributed by atoms with E-state index in [1.54, 1.807) is 6.33 Å². The highest BCUT2D eigenvalue weighted by Gasteiger charge is 2.43. The van der Waals surface area contributed by atoms with Crippen LogP contribution in [-0.2, 0) is 11.8 Å². The zero-order valence-electron chi connectivity index (χ0n) is 19.8. The van der Waals surface area contributed by atoms with Crippen LogP contribution in [0.5, 0.6) is 0 Å². The number of hydrogen-bond donors (Lipinski definition) is 1. The van der Waals surface area contributed by atoms with Crippen LogP contribution in [0.15, 0.2) is 30.7 Å². The van der Waals surface area contributed by atoms with E-state index < -0.39 is 5.60 Å². The van der Waals surface area contributed by atoms with Crippen molar-refractivity contribution in [2.45, 2.75) is 26.4 Å². The van der Waals surface area contributed by atoms with Crippen LogP contribution in [-0.4, -0.2) is 72.5 Å². The Morgan fingerprint density at radius 2 is 1.88 bits per heavy atom. The van der Waals surface area contributed by atoms with Crippen molar-refractivity contribution in [3.05, 3.63) is 30.7 Å². The summed E-state index contributed by atoms with van der Waals surface area (Å²) in [6.07, 6.45) is 3.30. The second kappa shape index (κ2) is 7.41. The lowest BCUT2D eigenvalue weighted by atomic mass is 10.0. The Kier molecular flexibility index (Phi) is 4.55. The first-order chi connectivity index (χ1) is 16.2. The Hall–Kier alpha value is -3.69. The summed E-state index contributed by atoms with van der Waals surface area (Å²) in [4.78, 5) is 33.9. The van der Waals surface area contributed by atoms with Gasteiger partial charge in [-0.25, -0.2) is 14.8 Å². The second-order valence-electron chi connectivity index (χ2n) is 10.3. The van der Waals surface area contributed by atoms with Gasteiger partial charge in [-0.1, -0.05) is 6.07 Å². The molecule has 34 heavy (non-hydrogen) atoms. The van der Waals surface area contributed by atoms with Crippen molar-refractivity contribution < 1.29 is 9.53 Å². The molecule has 0 aliphatic carbocycles. The molecule has 10 nitrogen and oxygen atoms in total. The summed E-state index contributed by atoms with van der Waals surface area (Å²) < 4.78 is 7.43. The summed E-state index contributed by atoms with van der Waals surface area (Å²) in [5.74, 6) is 1.43. The van der Waals surface area contributed by atoms with E-state index >= 15 is 0 Å². The van der Waals surface area contributed by atoms with E-state index in [0.29, 0.717) is 36.5 Å². The molecule has 2 aliphatic rings. The number of aromatic nitrogens is 6. The number of likely N-dealkylation sites (tertiary alicyclic amines) is 1. The van der Waals surface area contributed by atoms with Gasteiger partial charge in [0.05, 0.1) is 18.0 Å². The number of amides is 1. The fourth-order valence-corrected chi connectivity index (χ4v) is 5.11. The van der Waals surface area contributed by atoms with E-state index in [0.717, 1.165) is 40.8 Å². The number of aryl methyl sites for hydroxylation is 1. The molecule has 0 spiro atoms. The third kappa shape index (κ3) is 3.53. The van der Waals surface area contributed by atoms with Gasteiger partial charge in [0.1, 0.15) is 16.8 Å². The fraction of sp³-hybridized carbons (Fsp3) is 0.458. The lowest BCUT2D eigenvalue weighted by Gasteiger charge is -2.26. The Labute approximate surface area is 196 Å². The van der Waals surface area contributed by atoms with Crippen LogP contribution >= 0.6 is 0 Å². The number of aromatic amines is 1. The smallest absolute Gasteiger partial charge is 0.410 e. The number of rotatable bonds is 2. The molecule has 0 radical (unpaired) electrons. The summed E-state index contributed by atoms with van der Waals surface area (Å²) >= 11 is 0. The van der Waals surface area contributed by atoms with E-state index in [4.69, 9.17) is 14.7 Å². The number of carbonyl (C=O) groups is 1. The first kappa shape index (κ1) is 20.9. The third-order valence-corrected chi connectivity index (χ3v) is 6.71. The molecule has 10 heteroatoms. The normalized spacial score (nSPS) is 20.5. The molecule has 2 aliphatic heterocycles. The van der Waals surface area contributed by atoms with Crippen molar-refractivity contribution >= 4 is 34.1 Å². The van der Waals surface area contributed by atoms with Gasteiger partial charge in [0, 0.05) is 56.0 Å². The van der Waals surface area contributed by atoms with E-state index in [9.17, 15) is 4.79 Å². The number of anilines is 1. The quantitative estimate of drug-likeness (QED) is 0.490. The number of ether oxygens (including phenoxy) is 1. The minimum absolute atomic E-state index is 0.226. The first-order valence-corrected chi connectivity index (χ1v) is 11.6. The molecular formula is C24H28N8O2. The Morgan fingerprint density at radius 1 is 1.12 bits per heavy atom. The molecule has 176 valence electrons. The van der Waals surface area contributed by atoms with Gasteiger partial charge in [-0.2, -0.15) is 10.1 Å². The Balaban J connectivity index is 1.27. The Bertz CT molecular complexity index is 1390. The van der Waals surface area contributed by atoms with Crippen LogP contribution in [0.4, 0.5) is 10.7 Å². The number of carbonyl (C=O) groups excluding carboxylic acids is 1. The highest BCUT2D eigenvalue weighted by molar-refractivity contribution is 5.92. The zero-order chi connectivity index (χ0) is 23.6. The van der Waals surface area contributed by atoms with Gasteiger partial charge in [0.15, 0.2) is 5.65 Å². The monoisotopic (exact) mass is 460 g/mol. The molecule has 2 atom stereocenters. The van der Waals surface area contributed by atoms with Gasteiger partial charge in [-0.15, -0.1) is 0 Å². The molecule has 3 aromatic heterocycles. The van der Waals surface area contributed by atoms with Crippen LogP contribution in [0.1, 0.15) is 20.8 Å². The summed E-state index contributed by atoms with van der Waals surface area (Å²) in [6, 6.07) is 6.23. The SMILES string of the molecule is Cn1ncc2cc(-c3nc(N4CC5CN(C(=O)OC(C)(C)C)CC5C4)nc4nc[nH]c34)ccc21. The molecule has 0 bridgehead atoms. The molecule has 2 fully saturated rings. The molecule has 1 aromatic carbocycles. The minimum atomic E-state index is -0.483. The van der Waals surface area contributed by atoms with Crippen molar-refractivity contribution in [3.8, 4) is 11.3 Å². The second-order valence-corrected chi connectivity index (χ2v) is 10.3. The molecule has 6 rings (SSSR count). The maximum absolute atomic E-state index is 12.5. The predicted octanol–water partition coefficient (Wildman–Crippen LogP) is 3.21. The van der Waals surface area contributed by atoms with Gasteiger partial charge >= 0.3 is 6.09 Å². The minimum Gasteiger partial charge on any atom is -0.444 e. The molecule has 5 heterocycles. The van der Waals surface area contributed by atoms with Crippen molar-refractivity contribution in [1.29, 1.82) is 0 Å². The molecule has 0 saturated carbocycles. The number of H-pyrrole nitrogens is 1. The maximum atomic E-state index is 12.5. The van der Waals surface area contributed by atoms with Crippen LogP contribution in [0.2, 0.25) is 0 Å². The maximum Gasteiger partial charge on any atom is 0.410 e. The first-order valence-electron chi connectivity index (χ1n) is 11.6. The van der Waals surface area contributed by atoms with E-state index in [1.807, 2.05) is 43.6 Å². The highest BCUT2D eigenvalue weighted by atomic mass is 16.6. The number of nitrogens with one attached hydrogen (secondary N) is 1. The number of hydrogen-bond acceptors (Lipinski definition) is 7. The van der Waals surface area contributed by atoms with Gasteiger partial charge in [-0.3, -0.25) is 4.68 Å². The van der Waals surface area contributed by atoms with Gasteiger partial charge in [-0.05, 0) is 32.9 Å². The predicted molar refractivity (Wildman–Crippen MR) is 128 cm³/mol. The molecule has 1 N–H and O–H groups in total. The largest absolute Gasteiger partial charge is 0.444 e. The Morgan fingerprint density at radius 3 is 2.62 bits per heavy atom. The topological polar surface area (TPSA) is 105 Å². The van der Waals surface area contributed by atoms with Crippen LogP contribution in [0.3, 0.4) is 0 Å². The number of imidazole rings is 1. The molecular weight excluding hydrogens is 432 g/mol. The number of fused-ring (bicyclic) bond motifs is 3. The van der Waals surface area contributed by atoms with Gasteiger partial charge in [0.2, 0.25) is 5.95 Å². The van der Waals surface area contributed by atoms with E-state index in [2.05, 4.69) is 38.2 Å². The van der Waals surface area contributed by atoms with Gasteiger partial charge in [0.25, 0.3) is 0 Å². The van der Waals surface area contributed by atoms with Gasteiger partial charge < -0.3 is 19.5 Å². The van der Waals surface area contributed by atoms with Crippen LogP contribution in [0.25, 0.3) is 33.3 Å². The lowest BCUT2D eigenvalue weighted by molar-refractivity contribution is 0.0282. The highest BCUT2D eigenvalue weighted by Crippen LogP contribution is 2.35. The van der Waals surface area contributed by atoms with Crippen molar-refractivity contribution in [2.24, 2.45) is 18.9 Å². The van der Waals surface area contributed by atoms with Crippen molar-refractivity contribution in [2.75, 3.05) is 31.1 Å². The lowest BCUT2D eigenvalue weighted by Crippen LogP contribution is -2.37. The summed E-state index contributed by atoms with van der Waals surface area (Å²) in [5.41, 5.74) is 3.88. The van der Waals surface area contributed by atoms with E-state index in [1.165, 1.54) is 0 Å². The summed E-state index contributed by atoms with van der Waals surface area (Å²) in [7, 11) is 1.94. The molecule has 1 amide bonds. The molecule has 2 unspecified atom stereocenters. The average molecular weight is 461 g/mol. The summed E-state index contributed by atoms with van der Waals surface area (Å²) in [5, 5.41) is 5.41. The summed E-state index contributed by atoms with van der Waals surface area (Å²) in [6.45, 7) is 8.71.